The van der Waals surface area contributed by atoms with Crippen LogP contribution in [0.2, 0.25) is 0 Å². The van der Waals surface area contributed by atoms with Crippen molar-refractivity contribution < 1.29 is 4.39 Å². The number of anilines is 2. The number of rotatable bonds is 3. The average molecular weight is 263 g/mol. The van der Waals surface area contributed by atoms with Gasteiger partial charge in [-0.25, -0.2) is 4.39 Å². The Kier molecular flexibility index (Phi) is 3.46. The maximum absolute atomic E-state index is 12.9. The number of para-hydroxylation sites is 1. The molecule has 0 aliphatic heterocycles. The minimum Gasteiger partial charge on any atom is -0.355 e. The molecule has 0 fully saturated rings. The molecular weight excluding hydrogens is 249 g/mol. The minimum atomic E-state index is -0.230. The van der Waals surface area contributed by atoms with Crippen molar-refractivity contribution in [2.45, 2.75) is 0 Å². The third-order valence-electron chi connectivity index (χ3n) is 3.14. The predicted octanol–water partition coefficient (Wildman–Crippen LogP) is 5.24. The van der Waals surface area contributed by atoms with E-state index in [4.69, 9.17) is 0 Å². The Bertz CT molecular complexity index is 690. The largest absolute Gasteiger partial charge is 0.355 e. The maximum Gasteiger partial charge on any atom is 0.123 e. The van der Waals surface area contributed by atoms with Crippen molar-refractivity contribution in [1.82, 2.24) is 0 Å². The van der Waals surface area contributed by atoms with Gasteiger partial charge in [0.2, 0.25) is 0 Å². The van der Waals surface area contributed by atoms with Crippen molar-refractivity contribution in [1.29, 1.82) is 0 Å². The van der Waals surface area contributed by atoms with Crippen molar-refractivity contribution in [2.24, 2.45) is 0 Å². The Labute approximate surface area is 117 Å². The first kappa shape index (κ1) is 12.4. The van der Waals surface area contributed by atoms with E-state index in [2.05, 4.69) is 23.5 Å². The Morgan fingerprint density at radius 3 is 2.05 bits per heavy atom. The second-order valence-electron chi connectivity index (χ2n) is 4.54. The van der Waals surface area contributed by atoms with E-state index in [9.17, 15) is 4.39 Å². The minimum absolute atomic E-state index is 0.230. The lowest BCUT2D eigenvalue weighted by Crippen LogP contribution is -1.93. The molecule has 3 aromatic rings. The van der Waals surface area contributed by atoms with Crippen LogP contribution in [0.5, 0.6) is 0 Å². The number of halogens is 1. The molecule has 0 saturated heterocycles. The maximum atomic E-state index is 12.9. The van der Waals surface area contributed by atoms with Crippen molar-refractivity contribution >= 4 is 11.4 Å². The molecule has 0 spiro atoms. The van der Waals surface area contributed by atoms with Crippen molar-refractivity contribution in [2.75, 3.05) is 5.32 Å². The second kappa shape index (κ2) is 5.57. The van der Waals surface area contributed by atoms with Gasteiger partial charge < -0.3 is 5.32 Å². The predicted molar refractivity (Wildman–Crippen MR) is 81.6 cm³/mol. The van der Waals surface area contributed by atoms with E-state index in [0.717, 1.165) is 22.5 Å². The van der Waals surface area contributed by atoms with Crippen LogP contribution >= 0.6 is 0 Å². The summed E-state index contributed by atoms with van der Waals surface area (Å²) in [6, 6.07) is 24.6. The monoisotopic (exact) mass is 263 g/mol. The summed E-state index contributed by atoms with van der Waals surface area (Å²) in [5, 5.41) is 3.33. The highest BCUT2D eigenvalue weighted by Gasteiger charge is 2.04. The van der Waals surface area contributed by atoms with E-state index in [0.29, 0.717) is 0 Å². The van der Waals surface area contributed by atoms with Crippen LogP contribution < -0.4 is 5.32 Å². The summed E-state index contributed by atoms with van der Waals surface area (Å²) in [6.07, 6.45) is 0. The first-order valence-electron chi connectivity index (χ1n) is 6.50. The van der Waals surface area contributed by atoms with E-state index in [-0.39, 0.29) is 5.82 Å². The zero-order chi connectivity index (χ0) is 13.8. The molecule has 2 heteroatoms. The van der Waals surface area contributed by atoms with Crippen molar-refractivity contribution in [3.05, 3.63) is 84.7 Å². The van der Waals surface area contributed by atoms with Crippen LogP contribution in [0, 0.1) is 5.82 Å². The number of benzene rings is 3. The SMILES string of the molecule is Fc1ccc(Nc2ccccc2-c2ccccc2)cc1. The first-order chi connectivity index (χ1) is 9.83. The number of nitrogens with one attached hydrogen (secondary N) is 1. The van der Waals surface area contributed by atoms with Gasteiger partial charge in [0.05, 0.1) is 0 Å². The fourth-order valence-electron chi connectivity index (χ4n) is 2.15. The fourth-order valence-corrected chi connectivity index (χ4v) is 2.15. The van der Waals surface area contributed by atoms with Crippen LogP contribution in [0.3, 0.4) is 0 Å². The Morgan fingerprint density at radius 1 is 0.650 bits per heavy atom. The summed E-state index contributed by atoms with van der Waals surface area (Å²) >= 11 is 0. The molecule has 0 unspecified atom stereocenters. The standard InChI is InChI=1S/C18H14FN/c19-15-10-12-16(13-11-15)20-18-9-5-4-8-17(18)14-6-2-1-3-7-14/h1-13,20H. The first-order valence-corrected chi connectivity index (χ1v) is 6.50. The zero-order valence-corrected chi connectivity index (χ0v) is 10.9. The van der Waals surface area contributed by atoms with E-state index < -0.39 is 0 Å². The highest BCUT2D eigenvalue weighted by molar-refractivity contribution is 5.80. The summed E-state index contributed by atoms with van der Waals surface area (Å²) in [6.45, 7) is 0. The van der Waals surface area contributed by atoms with E-state index >= 15 is 0 Å². The molecule has 0 saturated carbocycles. The lowest BCUT2D eigenvalue weighted by Gasteiger charge is -2.12. The van der Waals surface area contributed by atoms with Crippen LogP contribution in [-0.4, -0.2) is 0 Å². The quantitative estimate of drug-likeness (QED) is 0.681. The lowest BCUT2D eigenvalue weighted by atomic mass is 10.0. The molecule has 0 aromatic heterocycles. The zero-order valence-electron chi connectivity index (χ0n) is 10.9. The highest BCUT2D eigenvalue weighted by atomic mass is 19.1. The van der Waals surface area contributed by atoms with Gasteiger partial charge in [0.1, 0.15) is 5.82 Å². The molecule has 98 valence electrons. The van der Waals surface area contributed by atoms with Crippen LogP contribution in [0.1, 0.15) is 0 Å². The molecule has 0 amide bonds. The van der Waals surface area contributed by atoms with E-state index in [1.165, 1.54) is 12.1 Å². The van der Waals surface area contributed by atoms with Gasteiger partial charge in [-0.3, -0.25) is 0 Å². The van der Waals surface area contributed by atoms with Crippen molar-refractivity contribution in [3.63, 3.8) is 0 Å². The van der Waals surface area contributed by atoms with Gasteiger partial charge in [-0.1, -0.05) is 48.5 Å². The molecule has 1 N–H and O–H groups in total. The van der Waals surface area contributed by atoms with Gasteiger partial charge in [-0.05, 0) is 35.9 Å². The molecule has 20 heavy (non-hydrogen) atoms. The van der Waals surface area contributed by atoms with E-state index in [1.807, 2.05) is 36.4 Å². The number of hydrogen-bond donors (Lipinski definition) is 1. The summed E-state index contributed by atoms with van der Waals surface area (Å²) in [5.41, 5.74) is 4.15. The molecule has 3 rings (SSSR count). The molecule has 3 aromatic carbocycles. The van der Waals surface area contributed by atoms with Gasteiger partial charge in [-0.2, -0.15) is 0 Å². The third kappa shape index (κ3) is 2.69. The molecule has 0 atom stereocenters. The van der Waals surface area contributed by atoms with Crippen LogP contribution in [0.4, 0.5) is 15.8 Å². The highest BCUT2D eigenvalue weighted by Crippen LogP contribution is 2.29. The molecule has 1 nitrogen and oxygen atoms in total. The van der Waals surface area contributed by atoms with Crippen LogP contribution in [0.15, 0.2) is 78.9 Å². The van der Waals surface area contributed by atoms with Gasteiger partial charge in [0, 0.05) is 16.9 Å². The van der Waals surface area contributed by atoms with Gasteiger partial charge in [0.15, 0.2) is 0 Å². The molecule has 0 aliphatic rings. The Hall–Kier alpha value is -2.61. The van der Waals surface area contributed by atoms with Crippen LogP contribution in [0.25, 0.3) is 11.1 Å². The molecule has 0 heterocycles. The summed E-state index contributed by atoms with van der Waals surface area (Å²) < 4.78 is 12.9. The topological polar surface area (TPSA) is 12.0 Å². The Balaban J connectivity index is 1.96. The summed E-state index contributed by atoms with van der Waals surface area (Å²) in [5.74, 6) is -0.230. The second-order valence-corrected chi connectivity index (χ2v) is 4.54. The summed E-state index contributed by atoms with van der Waals surface area (Å²) in [4.78, 5) is 0. The average Bonchev–Trinajstić information content (AvgIpc) is 2.51. The van der Waals surface area contributed by atoms with Gasteiger partial charge >= 0.3 is 0 Å². The van der Waals surface area contributed by atoms with Crippen LogP contribution in [-0.2, 0) is 0 Å². The van der Waals surface area contributed by atoms with Gasteiger partial charge in [0.25, 0.3) is 0 Å². The lowest BCUT2D eigenvalue weighted by molar-refractivity contribution is 0.628. The van der Waals surface area contributed by atoms with Crippen molar-refractivity contribution in [3.8, 4) is 11.1 Å². The third-order valence-corrected chi connectivity index (χ3v) is 3.14. The Morgan fingerprint density at radius 2 is 1.30 bits per heavy atom. The molecule has 0 bridgehead atoms. The number of hydrogen-bond acceptors (Lipinski definition) is 1. The van der Waals surface area contributed by atoms with E-state index in [1.54, 1.807) is 12.1 Å². The molecule has 0 aliphatic carbocycles. The normalized spacial score (nSPS) is 10.2. The molecule has 0 radical (unpaired) electrons. The van der Waals surface area contributed by atoms with Gasteiger partial charge in [-0.15, -0.1) is 0 Å². The smallest absolute Gasteiger partial charge is 0.123 e. The summed E-state index contributed by atoms with van der Waals surface area (Å²) in [7, 11) is 0. The fraction of sp³-hybridized carbons (Fsp3) is 0. The molecular formula is C18H14FN.